The molecule has 0 amide bonds. The molecule has 1 fully saturated rings. The first-order valence-electron chi connectivity index (χ1n) is 7.18. The maximum absolute atomic E-state index is 5.40. The molecule has 2 heteroatoms. The lowest BCUT2D eigenvalue weighted by Crippen LogP contribution is -2.32. The molecule has 0 aromatic heterocycles. The smallest absolute Gasteiger partial charge is 0.0514 e. The Labute approximate surface area is 113 Å². The van der Waals surface area contributed by atoms with Crippen LogP contribution in [0.4, 0.5) is 0 Å². The van der Waals surface area contributed by atoms with Gasteiger partial charge in [-0.3, -0.25) is 0 Å². The average molecular weight is 253 g/mol. The van der Waals surface area contributed by atoms with Gasteiger partial charge in [-0.15, -0.1) is 0 Å². The van der Waals surface area contributed by atoms with Crippen molar-refractivity contribution in [3.05, 3.63) is 12.2 Å². The lowest BCUT2D eigenvalue weighted by molar-refractivity contribution is 0.165. The highest BCUT2D eigenvalue weighted by Gasteiger charge is 2.69. The first-order valence-corrected chi connectivity index (χ1v) is 7.18. The predicted octanol–water partition coefficient (Wildman–Crippen LogP) is 3.49. The SMILES string of the molecule is C/C=C\C(CC1(C)C(COC)C1(C)NC)C(C)C. The molecule has 0 aliphatic heterocycles. The third-order valence-corrected chi connectivity index (χ3v) is 5.38. The topological polar surface area (TPSA) is 21.3 Å². The van der Waals surface area contributed by atoms with Gasteiger partial charge >= 0.3 is 0 Å². The fraction of sp³-hybridized carbons (Fsp3) is 0.875. The van der Waals surface area contributed by atoms with Gasteiger partial charge in [-0.1, -0.05) is 32.9 Å². The Morgan fingerprint density at radius 3 is 2.33 bits per heavy atom. The van der Waals surface area contributed by atoms with Crippen LogP contribution >= 0.6 is 0 Å². The molecule has 1 N–H and O–H groups in total. The Morgan fingerprint density at radius 2 is 1.94 bits per heavy atom. The van der Waals surface area contributed by atoms with Crippen molar-refractivity contribution in [2.75, 3.05) is 20.8 Å². The molecule has 2 nitrogen and oxygen atoms in total. The van der Waals surface area contributed by atoms with Gasteiger partial charge < -0.3 is 10.1 Å². The second-order valence-electron chi connectivity index (χ2n) is 6.52. The van der Waals surface area contributed by atoms with Gasteiger partial charge in [0, 0.05) is 18.6 Å². The summed E-state index contributed by atoms with van der Waals surface area (Å²) in [7, 11) is 3.88. The monoisotopic (exact) mass is 253 g/mol. The van der Waals surface area contributed by atoms with Gasteiger partial charge in [0.2, 0.25) is 0 Å². The van der Waals surface area contributed by atoms with E-state index in [0.29, 0.717) is 23.2 Å². The van der Waals surface area contributed by atoms with Crippen molar-refractivity contribution in [1.82, 2.24) is 5.32 Å². The van der Waals surface area contributed by atoms with E-state index in [1.165, 1.54) is 6.42 Å². The number of rotatable bonds is 7. The molecule has 1 aliphatic rings. The van der Waals surface area contributed by atoms with Gasteiger partial charge in [-0.25, -0.2) is 0 Å². The highest BCUT2D eigenvalue weighted by atomic mass is 16.5. The van der Waals surface area contributed by atoms with Gasteiger partial charge in [-0.2, -0.15) is 0 Å². The molecule has 18 heavy (non-hydrogen) atoms. The van der Waals surface area contributed by atoms with Crippen molar-refractivity contribution in [2.24, 2.45) is 23.2 Å². The van der Waals surface area contributed by atoms with E-state index in [2.05, 4.69) is 59.1 Å². The van der Waals surface area contributed by atoms with Crippen molar-refractivity contribution in [1.29, 1.82) is 0 Å². The van der Waals surface area contributed by atoms with Gasteiger partial charge in [0.15, 0.2) is 0 Å². The Balaban J connectivity index is 2.81. The summed E-state index contributed by atoms with van der Waals surface area (Å²) in [5.74, 6) is 1.98. The van der Waals surface area contributed by atoms with E-state index >= 15 is 0 Å². The first-order chi connectivity index (χ1) is 8.37. The predicted molar refractivity (Wildman–Crippen MR) is 78.7 cm³/mol. The van der Waals surface area contributed by atoms with Crippen LogP contribution in [0.5, 0.6) is 0 Å². The number of hydrogen-bond donors (Lipinski definition) is 1. The molecule has 0 saturated heterocycles. The average Bonchev–Trinajstić information content (AvgIpc) is 2.77. The maximum Gasteiger partial charge on any atom is 0.0514 e. The van der Waals surface area contributed by atoms with Gasteiger partial charge in [0.1, 0.15) is 0 Å². The second-order valence-corrected chi connectivity index (χ2v) is 6.52. The molecule has 0 radical (unpaired) electrons. The van der Waals surface area contributed by atoms with Crippen molar-refractivity contribution < 1.29 is 4.74 Å². The van der Waals surface area contributed by atoms with Crippen LogP contribution in [0, 0.1) is 23.2 Å². The standard InChI is InChI=1S/C16H31NO/c1-8-9-13(12(2)3)10-15(4)14(11-18-7)16(15,5)17-6/h8-9,12-14,17H,10-11H2,1-7H3/b9-8-. The summed E-state index contributed by atoms with van der Waals surface area (Å²) < 4.78 is 5.40. The van der Waals surface area contributed by atoms with Crippen LogP contribution in [0.3, 0.4) is 0 Å². The van der Waals surface area contributed by atoms with Crippen LogP contribution in [-0.4, -0.2) is 26.3 Å². The van der Waals surface area contributed by atoms with E-state index in [9.17, 15) is 0 Å². The minimum atomic E-state index is 0.220. The Hall–Kier alpha value is -0.340. The number of hydrogen-bond acceptors (Lipinski definition) is 2. The number of nitrogens with one attached hydrogen (secondary N) is 1. The quantitative estimate of drug-likeness (QED) is 0.701. The molecule has 4 unspecified atom stereocenters. The minimum Gasteiger partial charge on any atom is -0.384 e. The minimum absolute atomic E-state index is 0.220. The zero-order valence-corrected chi connectivity index (χ0v) is 13.2. The Bertz CT molecular complexity index is 299. The van der Waals surface area contributed by atoms with Crippen LogP contribution in [0.25, 0.3) is 0 Å². The molecule has 1 rings (SSSR count). The van der Waals surface area contributed by atoms with Crippen molar-refractivity contribution in [3.63, 3.8) is 0 Å². The lowest BCUT2D eigenvalue weighted by Gasteiger charge is -2.25. The third kappa shape index (κ3) is 2.50. The maximum atomic E-state index is 5.40. The fourth-order valence-corrected chi connectivity index (χ4v) is 3.58. The van der Waals surface area contributed by atoms with Gasteiger partial charge in [0.25, 0.3) is 0 Å². The second kappa shape index (κ2) is 5.75. The molecule has 1 saturated carbocycles. The van der Waals surface area contributed by atoms with Crippen molar-refractivity contribution in [3.8, 4) is 0 Å². The highest BCUT2D eigenvalue weighted by Crippen LogP contribution is 2.65. The summed E-state index contributed by atoms with van der Waals surface area (Å²) in [6, 6.07) is 0. The summed E-state index contributed by atoms with van der Waals surface area (Å²) in [4.78, 5) is 0. The molecule has 106 valence electrons. The van der Waals surface area contributed by atoms with E-state index in [4.69, 9.17) is 4.74 Å². The Morgan fingerprint density at radius 1 is 1.33 bits per heavy atom. The summed E-state index contributed by atoms with van der Waals surface area (Å²) in [6.45, 7) is 12.4. The van der Waals surface area contributed by atoms with E-state index < -0.39 is 0 Å². The molecule has 0 aromatic carbocycles. The normalized spacial score (nSPS) is 37.4. The van der Waals surface area contributed by atoms with Crippen LogP contribution < -0.4 is 5.32 Å². The molecule has 1 aliphatic carbocycles. The molecular weight excluding hydrogens is 222 g/mol. The molecule has 0 heterocycles. The third-order valence-electron chi connectivity index (χ3n) is 5.38. The molecule has 4 atom stereocenters. The molecule has 0 bridgehead atoms. The lowest BCUT2D eigenvalue weighted by atomic mass is 9.82. The van der Waals surface area contributed by atoms with Crippen molar-refractivity contribution >= 4 is 0 Å². The summed E-state index contributed by atoms with van der Waals surface area (Å²) in [6.07, 6.45) is 5.80. The van der Waals surface area contributed by atoms with Crippen LogP contribution in [0.2, 0.25) is 0 Å². The fourth-order valence-electron chi connectivity index (χ4n) is 3.58. The number of ether oxygens (including phenoxy) is 1. The summed E-state index contributed by atoms with van der Waals surface area (Å²) in [5, 5.41) is 3.52. The highest BCUT2D eigenvalue weighted by molar-refractivity contribution is 5.24. The number of methoxy groups -OCH3 is 1. The first kappa shape index (κ1) is 15.7. The van der Waals surface area contributed by atoms with Crippen LogP contribution in [0.1, 0.15) is 41.0 Å². The molecule has 0 spiro atoms. The zero-order valence-electron chi connectivity index (χ0n) is 13.2. The van der Waals surface area contributed by atoms with E-state index in [0.717, 1.165) is 6.61 Å². The van der Waals surface area contributed by atoms with Gasteiger partial charge in [-0.05, 0) is 44.6 Å². The number of allylic oxidation sites excluding steroid dienone is 2. The van der Waals surface area contributed by atoms with E-state index in [1.807, 2.05) is 0 Å². The van der Waals surface area contributed by atoms with E-state index in [1.54, 1.807) is 7.11 Å². The largest absolute Gasteiger partial charge is 0.384 e. The Kier molecular flexibility index (Phi) is 5.02. The van der Waals surface area contributed by atoms with Crippen LogP contribution in [-0.2, 0) is 4.74 Å². The summed E-state index contributed by atoms with van der Waals surface area (Å²) in [5.41, 5.74) is 0.559. The molecular formula is C16H31NO. The zero-order chi connectivity index (χ0) is 14.0. The molecule has 0 aromatic rings. The van der Waals surface area contributed by atoms with Crippen LogP contribution in [0.15, 0.2) is 12.2 Å². The van der Waals surface area contributed by atoms with Crippen molar-refractivity contribution in [2.45, 2.75) is 46.6 Å². The summed E-state index contributed by atoms with van der Waals surface area (Å²) >= 11 is 0. The van der Waals surface area contributed by atoms with E-state index in [-0.39, 0.29) is 5.54 Å². The van der Waals surface area contributed by atoms with Gasteiger partial charge in [0.05, 0.1) is 6.61 Å².